The van der Waals surface area contributed by atoms with Gasteiger partial charge in [0.2, 0.25) is 0 Å². The Morgan fingerprint density at radius 2 is 1.75 bits per heavy atom. The summed E-state index contributed by atoms with van der Waals surface area (Å²) < 4.78 is 37.2. The molecule has 0 spiro atoms. The van der Waals surface area contributed by atoms with Gasteiger partial charge in [-0.1, -0.05) is 0 Å². The van der Waals surface area contributed by atoms with Crippen LogP contribution in [0.1, 0.15) is 10.4 Å². The number of aromatic nitrogens is 1. The van der Waals surface area contributed by atoms with Crippen molar-refractivity contribution < 1.29 is 23.0 Å². The molecule has 0 unspecified atom stereocenters. The zero-order chi connectivity index (χ0) is 20.1. The van der Waals surface area contributed by atoms with Crippen molar-refractivity contribution in [3.05, 3.63) is 72.1 Å². The molecule has 1 heterocycles. The highest BCUT2D eigenvalue weighted by atomic mass is 19.1. The number of nitrogens with zero attached hydrogens (tertiary/aromatic N) is 1. The summed E-state index contributed by atoms with van der Waals surface area (Å²) in [5.41, 5.74) is 1.14. The topological polar surface area (TPSA) is 72.5 Å². The first-order chi connectivity index (χ1) is 13.5. The highest BCUT2D eigenvalue weighted by Gasteiger charge is 2.12. The van der Waals surface area contributed by atoms with Gasteiger partial charge >= 0.3 is 0 Å². The van der Waals surface area contributed by atoms with Gasteiger partial charge < -0.3 is 20.1 Å². The minimum atomic E-state index is -0.752. The van der Waals surface area contributed by atoms with Crippen LogP contribution in [0.25, 0.3) is 0 Å². The van der Waals surface area contributed by atoms with E-state index in [1.54, 1.807) is 18.2 Å². The lowest BCUT2D eigenvalue weighted by Gasteiger charge is -2.12. The summed E-state index contributed by atoms with van der Waals surface area (Å²) in [6.45, 7) is 0. The molecule has 144 valence electrons. The van der Waals surface area contributed by atoms with Crippen molar-refractivity contribution >= 4 is 23.0 Å². The van der Waals surface area contributed by atoms with Crippen LogP contribution in [-0.4, -0.2) is 25.1 Å². The maximum absolute atomic E-state index is 13.8. The van der Waals surface area contributed by atoms with Crippen LogP contribution >= 0.6 is 0 Å². The molecule has 8 heteroatoms. The molecule has 0 aliphatic carbocycles. The van der Waals surface area contributed by atoms with Gasteiger partial charge in [0.25, 0.3) is 5.91 Å². The lowest BCUT2D eigenvalue weighted by Crippen LogP contribution is -2.13. The highest BCUT2D eigenvalue weighted by molar-refractivity contribution is 6.05. The number of rotatable bonds is 6. The van der Waals surface area contributed by atoms with Crippen LogP contribution in [0.4, 0.5) is 25.8 Å². The van der Waals surface area contributed by atoms with Gasteiger partial charge in [0, 0.05) is 18.3 Å². The quantitative estimate of drug-likeness (QED) is 0.659. The third-order valence-corrected chi connectivity index (χ3v) is 3.87. The van der Waals surface area contributed by atoms with Crippen LogP contribution < -0.4 is 20.1 Å². The Labute approximate surface area is 160 Å². The van der Waals surface area contributed by atoms with E-state index in [0.29, 0.717) is 22.9 Å². The number of halogens is 2. The lowest BCUT2D eigenvalue weighted by molar-refractivity contribution is 0.102. The number of hydrogen-bond donors (Lipinski definition) is 2. The fourth-order valence-corrected chi connectivity index (χ4v) is 2.48. The predicted molar refractivity (Wildman–Crippen MR) is 101 cm³/mol. The number of pyridine rings is 1. The van der Waals surface area contributed by atoms with E-state index in [0.717, 1.165) is 12.1 Å². The maximum atomic E-state index is 13.8. The number of benzene rings is 2. The first-order valence-electron chi connectivity index (χ1n) is 8.20. The molecule has 0 atom stereocenters. The third kappa shape index (κ3) is 4.35. The normalized spacial score (nSPS) is 10.3. The molecule has 2 N–H and O–H groups in total. The first-order valence-corrected chi connectivity index (χ1v) is 8.20. The second-order valence-corrected chi connectivity index (χ2v) is 5.73. The number of methoxy groups -OCH3 is 2. The van der Waals surface area contributed by atoms with E-state index in [1.165, 1.54) is 38.7 Å². The van der Waals surface area contributed by atoms with Crippen molar-refractivity contribution in [2.75, 3.05) is 24.9 Å². The molecule has 0 saturated carbocycles. The molecule has 0 fully saturated rings. The summed E-state index contributed by atoms with van der Waals surface area (Å²) in [6.07, 6.45) is 2.80. The van der Waals surface area contributed by atoms with Gasteiger partial charge in [-0.2, -0.15) is 0 Å². The van der Waals surface area contributed by atoms with Gasteiger partial charge in [0.15, 0.2) is 0 Å². The zero-order valence-corrected chi connectivity index (χ0v) is 15.1. The van der Waals surface area contributed by atoms with Gasteiger partial charge in [0.05, 0.1) is 43.0 Å². The van der Waals surface area contributed by atoms with Gasteiger partial charge in [-0.25, -0.2) is 8.78 Å². The Hall–Kier alpha value is -3.68. The second kappa shape index (κ2) is 8.34. The standard InChI is InChI=1S/C20H17F2N3O3/c1-27-15-4-6-18(19(9-15)28-2)25-20(26)12-7-14(11-23-10-12)24-17-5-3-13(21)8-16(17)22/h3-11,24H,1-2H3,(H,25,26). The average molecular weight is 385 g/mol. The van der Waals surface area contributed by atoms with E-state index in [2.05, 4.69) is 15.6 Å². The minimum Gasteiger partial charge on any atom is -0.497 e. The summed E-state index contributed by atoms with van der Waals surface area (Å²) in [7, 11) is 3.01. The van der Waals surface area contributed by atoms with E-state index in [-0.39, 0.29) is 11.3 Å². The Balaban J connectivity index is 1.79. The SMILES string of the molecule is COc1ccc(NC(=O)c2cncc(Nc3ccc(F)cc3F)c2)c(OC)c1. The predicted octanol–water partition coefficient (Wildman–Crippen LogP) is 4.37. The summed E-state index contributed by atoms with van der Waals surface area (Å²) in [6, 6.07) is 9.64. The zero-order valence-electron chi connectivity index (χ0n) is 15.1. The largest absolute Gasteiger partial charge is 0.497 e. The van der Waals surface area contributed by atoms with Crippen molar-refractivity contribution in [3.8, 4) is 11.5 Å². The molecular formula is C20H17F2N3O3. The summed E-state index contributed by atoms with van der Waals surface area (Å²) >= 11 is 0. The number of nitrogens with one attached hydrogen (secondary N) is 2. The molecule has 1 aromatic heterocycles. The summed E-state index contributed by atoms with van der Waals surface area (Å²) in [5, 5.41) is 5.50. The van der Waals surface area contributed by atoms with E-state index >= 15 is 0 Å². The van der Waals surface area contributed by atoms with Crippen LogP contribution in [0.5, 0.6) is 11.5 Å². The summed E-state index contributed by atoms with van der Waals surface area (Å²) in [4.78, 5) is 16.6. The van der Waals surface area contributed by atoms with E-state index in [9.17, 15) is 13.6 Å². The molecule has 0 radical (unpaired) electrons. The fraction of sp³-hybridized carbons (Fsp3) is 0.100. The number of anilines is 3. The fourth-order valence-electron chi connectivity index (χ4n) is 2.48. The smallest absolute Gasteiger partial charge is 0.257 e. The average Bonchev–Trinajstić information content (AvgIpc) is 2.70. The van der Waals surface area contributed by atoms with Crippen LogP contribution in [0.2, 0.25) is 0 Å². The molecule has 3 aromatic rings. The number of amides is 1. The Morgan fingerprint density at radius 1 is 0.964 bits per heavy atom. The molecule has 0 aliphatic rings. The van der Waals surface area contributed by atoms with Crippen molar-refractivity contribution in [1.29, 1.82) is 0 Å². The highest BCUT2D eigenvalue weighted by Crippen LogP contribution is 2.29. The van der Waals surface area contributed by atoms with Gasteiger partial charge in [-0.15, -0.1) is 0 Å². The Bertz CT molecular complexity index is 1010. The monoisotopic (exact) mass is 385 g/mol. The molecular weight excluding hydrogens is 368 g/mol. The van der Waals surface area contributed by atoms with E-state index in [4.69, 9.17) is 9.47 Å². The van der Waals surface area contributed by atoms with Crippen molar-refractivity contribution in [2.45, 2.75) is 0 Å². The molecule has 1 amide bonds. The van der Waals surface area contributed by atoms with Crippen LogP contribution in [0.15, 0.2) is 54.9 Å². The third-order valence-electron chi connectivity index (χ3n) is 3.87. The van der Waals surface area contributed by atoms with Crippen LogP contribution in [-0.2, 0) is 0 Å². The number of hydrogen-bond acceptors (Lipinski definition) is 5. The minimum absolute atomic E-state index is 0.0672. The van der Waals surface area contributed by atoms with Gasteiger partial charge in [0.1, 0.15) is 23.1 Å². The molecule has 28 heavy (non-hydrogen) atoms. The second-order valence-electron chi connectivity index (χ2n) is 5.73. The van der Waals surface area contributed by atoms with Gasteiger partial charge in [-0.05, 0) is 30.3 Å². The van der Waals surface area contributed by atoms with Crippen molar-refractivity contribution in [1.82, 2.24) is 4.98 Å². The Morgan fingerprint density at radius 3 is 2.46 bits per heavy atom. The molecule has 3 rings (SSSR count). The first kappa shape index (κ1) is 19.1. The van der Waals surface area contributed by atoms with Crippen molar-refractivity contribution in [3.63, 3.8) is 0 Å². The molecule has 2 aromatic carbocycles. The maximum Gasteiger partial charge on any atom is 0.257 e. The number of carbonyl (C=O) groups is 1. The van der Waals surface area contributed by atoms with Crippen molar-refractivity contribution in [2.24, 2.45) is 0 Å². The van der Waals surface area contributed by atoms with Crippen LogP contribution in [0, 0.1) is 11.6 Å². The molecule has 0 bridgehead atoms. The van der Waals surface area contributed by atoms with E-state index in [1.807, 2.05) is 0 Å². The molecule has 6 nitrogen and oxygen atoms in total. The molecule has 0 saturated heterocycles. The summed E-state index contributed by atoms with van der Waals surface area (Å²) in [5.74, 6) is -0.841. The molecule has 0 aliphatic heterocycles. The van der Waals surface area contributed by atoms with E-state index < -0.39 is 17.5 Å². The number of ether oxygens (including phenoxy) is 2. The van der Waals surface area contributed by atoms with Gasteiger partial charge in [-0.3, -0.25) is 9.78 Å². The lowest BCUT2D eigenvalue weighted by atomic mass is 10.2. The number of carbonyl (C=O) groups excluding carboxylic acids is 1. The van der Waals surface area contributed by atoms with Crippen LogP contribution in [0.3, 0.4) is 0 Å². The Kier molecular flexibility index (Phi) is 5.69.